The summed E-state index contributed by atoms with van der Waals surface area (Å²) in [5.74, 6) is 0. The maximum Gasteiger partial charge on any atom is 0.227 e. The SMILES string of the molecule is [c]1ccc2c(n1)oc1ccccc12. The van der Waals surface area contributed by atoms with Gasteiger partial charge in [-0.25, -0.2) is 4.98 Å². The average Bonchev–Trinajstić information content (AvgIpc) is 2.56. The van der Waals surface area contributed by atoms with Crippen LogP contribution in [0.1, 0.15) is 0 Å². The predicted octanol–water partition coefficient (Wildman–Crippen LogP) is 2.78. The van der Waals surface area contributed by atoms with Gasteiger partial charge in [0.15, 0.2) is 0 Å². The van der Waals surface area contributed by atoms with Crippen LogP contribution >= 0.6 is 0 Å². The molecule has 0 aliphatic heterocycles. The molecular formula is C11H6NO. The van der Waals surface area contributed by atoms with Gasteiger partial charge in [-0.1, -0.05) is 18.2 Å². The van der Waals surface area contributed by atoms with Crippen LogP contribution in [0.25, 0.3) is 22.1 Å². The largest absolute Gasteiger partial charge is 0.438 e. The molecule has 0 spiro atoms. The Hall–Kier alpha value is -1.83. The van der Waals surface area contributed by atoms with Crippen molar-refractivity contribution in [2.24, 2.45) is 0 Å². The number of pyridine rings is 1. The zero-order valence-corrected chi connectivity index (χ0v) is 6.82. The van der Waals surface area contributed by atoms with E-state index in [9.17, 15) is 0 Å². The van der Waals surface area contributed by atoms with Crippen molar-refractivity contribution < 1.29 is 4.42 Å². The lowest BCUT2D eigenvalue weighted by atomic mass is 10.2. The second-order valence-electron chi connectivity index (χ2n) is 2.89. The summed E-state index contributed by atoms with van der Waals surface area (Å²) in [5.41, 5.74) is 1.54. The van der Waals surface area contributed by atoms with E-state index in [-0.39, 0.29) is 0 Å². The van der Waals surface area contributed by atoms with E-state index in [4.69, 9.17) is 4.42 Å². The monoisotopic (exact) mass is 168 g/mol. The molecule has 3 aromatic rings. The van der Waals surface area contributed by atoms with Crippen molar-refractivity contribution in [2.75, 3.05) is 0 Å². The topological polar surface area (TPSA) is 26.0 Å². The van der Waals surface area contributed by atoms with Crippen LogP contribution in [0, 0.1) is 6.20 Å². The molecule has 0 bridgehead atoms. The molecule has 2 aromatic heterocycles. The number of para-hydroxylation sites is 1. The molecule has 0 saturated heterocycles. The molecular weight excluding hydrogens is 162 g/mol. The lowest BCUT2D eigenvalue weighted by molar-refractivity contribution is 0.654. The maximum atomic E-state index is 5.51. The molecule has 0 saturated carbocycles. The summed E-state index contributed by atoms with van der Waals surface area (Å²) in [7, 11) is 0. The van der Waals surface area contributed by atoms with Gasteiger partial charge in [0.1, 0.15) is 5.58 Å². The van der Waals surface area contributed by atoms with Crippen LogP contribution in [0.3, 0.4) is 0 Å². The molecule has 0 N–H and O–H groups in total. The number of benzene rings is 1. The van der Waals surface area contributed by atoms with Crippen LogP contribution in [-0.2, 0) is 0 Å². The fourth-order valence-electron chi connectivity index (χ4n) is 1.51. The number of nitrogens with zero attached hydrogens (tertiary/aromatic N) is 1. The molecule has 61 valence electrons. The Balaban J connectivity index is 2.64. The van der Waals surface area contributed by atoms with E-state index in [1.165, 1.54) is 0 Å². The molecule has 0 aliphatic rings. The Morgan fingerprint density at radius 3 is 3.00 bits per heavy atom. The average molecular weight is 168 g/mol. The number of hydrogen-bond donors (Lipinski definition) is 0. The first kappa shape index (κ1) is 6.66. The highest BCUT2D eigenvalue weighted by atomic mass is 16.3. The summed E-state index contributed by atoms with van der Waals surface area (Å²) in [5, 5.41) is 2.16. The normalized spacial score (nSPS) is 11.1. The Kier molecular flexibility index (Phi) is 1.19. The summed E-state index contributed by atoms with van der Waals surface area (Å²) in [6.07, 6.45) is 2.75. The molecule has 0 aliphatic carbocycles. The van der Waals surface area contributed by atoms with Crippen LogP contribution in [0.15, 0.2) is 40.8 Å². The van der Waals surface area contributed by atoms with Gasteiger partial charge in [0.25, 0.3) is 0 Å². The number of fused-ring (bicyclic) bond motifs is 3. The van der Waals surface area contributed by atoms with Crippen LogP contribution in [0.5, 0.6) is 0 Å². The third-order valence-corrected chi connectivity index (χ3v) is 2.10. The van der Waals surface area contributed by atoms with Gasteiger partial charge >= 0.3 is 0 Å². The molecule has 1 radical (unpaired) electrons. The highest BCUT2D eigenvalue weighted by Crippen LogP contribution is 2.25. The highest BCUT2D eigenvalue weighted by molar-refractivity contribution is 6.03. The molecule has 0 fully saturated rings. The van der Waals surface area contributed by atoms with E-state index in [0.29, 0.717) is 5.71 Å². The standard InChI is InChI=1S/C11H6NO/c1-2-6-10-8(4-1)9-5-3-7-12-11(9)13-10/h1-6H. The van der Waals surface area contributed by atoms with Gasteiger partial charge in [-0.2, -0.15) is 0 Å². The summed E-state index contributed by atoms with van der Waals surface area (Å²) in [6, 6.07) is 11.7. The van der Waals surface area contributed by atoms with Gasteiger partial charge < -0.3 is 4.42 Å². The van der Waals surface area contributed by atoms with E-state index >= 15 is 0 Å². The Morgan fingerprint density at radius 2 is 2.00 bits per heavy atom. The molecule has 13 heavy (non-hydrogen) atoms. The van der Waals surface area contributed by atoms with E-state index < -0.39 is 0 Å². The molecule has 3 rings (SSSR count). The molecule has 0 atom stereocenters. The first-order valence-electron chi connectivity index (χ1n) is 4.09. The van der Waals surface area contributed by atoms with Gasteiger partial charge in [0, 0.05) is 10.8 Å². The van der Waals surface area contributed by atoms with Gasteiger partial charge in [-0.05, 0) is 18.2 Å². The van der Waals surface area contributed by atoms with Crippen LogP contribution in [-0.4, -0.2) is 4.98 Å². The molecule has 0 unspecified atom stereocenters. The Bertz CT molecular complexity index is 518. The van der Waals surface area contributed by atoms with E-state index in [1.54, 1.807) is 6.07 Å². The molecule has 2 heterocycles. The van der Waals surface area contributed by atoms with Crippen LogP contribution < -0.4 is 0 Å². The lowest BCUT2D eigenvalue weighted by Crippen LogP contribution is -1.69. The zero-order valence-electron chi connectivity index (χ0n) is 6.82. The van der Waals surface area contributed by atoms with Gasteiger partial charge in [0.2, 0.25) is 5.71 Å². The molecule has 2 heteroatoms. The van der Waals surface area contributed by atoms with Crippen molar-refractivity contribution in [1.29, 1.82) is 0 Å². The number of furan rings is 1. The van der Waals surface area contributed by atoms with Crippen LogP contribution in [0.2, 0.25) is 0 Å². The fraction of sp³-hybridized carbons (Fsp3) is 0. The quantitative estimate of drug-likeness (QED) is 0.515. The van der Waals surface area contributed by atoms with Crippen molar-refractivity contribution in [3.8, 4) is 0 Å². The van der Waals surface area contributed by atoms with Gasteiger partial charge in [0.05, 0.1) is 6.20 Å². The number of aromatic nitrogens is 1. The van der Waals surface area contributed by atoms with Gasteiger partial charge in [-0.15, -0.1) is 0 Å². The molecule has 0 amide bonds. The van der Waals surface area contributed by atoms with Crippen molar-refractivity contribution in [2.45, 2.75) is 0 Å². The van der Waals surface area contributed by atoms with E-state index in [0.717, 1.165) is 16.4 Å². The third kappa shape index (κ3) is 0.855. The summed E-state index contributed by atoms with van der Waals surface area (Å²) < 4.78 is 5.51. The Morgan fingerprint density at radius 1 is 1.08 bits per heavy atom. The van der Waals surface area contributed by atoms with Crippen LogP contribution in [0.4, 0.5) is 0 Å². The van der Waals surface area contributed by atoms with Gasteiger partial charge in [-0.3, -0.25) is 0 Å². The highest BCUT2D eigenvalue weighted by Gasteiger charge is 2.04. The smallest absolute Gasteiger partial charge is 0.227 e. The summed E-state index contributed by atoms with van der Waals surface area (Å²) in [4.78, 5) is 4.03. The molecule has 2 nitrogen and oxygen atoms in total. The Labute approximate surface area is 74.8 Å². The minimum Gasteiger partial charge on any atom is -0.438 e. The number of hydrogen-bond acceptors (Lipinski definition) is 2. The summed E-state index contributed by atoms with van der Waals surface area (Å²) in [6.45, 7) is 0. The van der Waals surface area contributed by atoms with E-state index in [1.807, 2.05) is 30.3 Å². The lowest BCUT2D eigenvalue weighted by Gasteiger charge is -1.84. The predicted molar refractivity (Wildman–Crippen MR) is 50.4 cm³/mol. The first-order valence-corrected chi connectivity index (χ1v) is 4.09. The minimum absolute atomic E-state index is 0.656. The fourth-order valence-corrected chi connectivity index (χ4v) is 1.51. The third-order valence-electron chi connectivity index (χ3n) is 2.10. The van der Waals surface area contributed by atoms with E-state index in [2.05, 4.69) is 11.2 Å². The minimum atomic E-state index is 0.656. The van der Waals surface area contributed by atoms with Crippen molar-refractivity contribution in [1.82, 2.24) is 4.98 Å². The summed E-state index contributed by atoms with van der Waals surface area (Å²) >= 11 is 0. The second-order valence-corrected chi connectivity index (χ2v) is 2.89. The number of rotatable bonds is 0. The second kappa shape index (κ2) is 2.33. The van der Waals surface area contributed by atoms with Crippen molar-refractivity contribution >= 4 is 22.1 Å². The van der Waals surface area contributed by atoms with Crippen molar-refractivity contribution in [3.63, 3.8) is 0 Å². The first-order chi connectivity index (χ1) is 6.45. The zero-order chi connectivity index (χ0) is 8.67. The molecule has 1 aromatic carbocycles. The van der Waals surface area contributed by atoms with Crippen molar-refractivity contribution in [3.05, 3.63) is 42.6 Å². The maximum absolute atomic E-state index is 5.51.